The average Bonchev–Trinajstić information content (AvgIpc) is 2.38. The van der Waals surface area contributed by atoms with Crippen molar-refractivity contribution in [3.63, 3.8) is 0 Å². The van der Waals surface area contributed by atoms with Crippen molar-refractivity contribution in [1.82, 2.24) is 5.32 Å². The van der Waals surface area contributed by atoms with Gasteiger partial charge < -0.3 is 10.1 Å². The van der Waals surface area contributed by atoms with Crippen molar-refractivity contribution in [3.05, 3.63) is 35.1 Å². The minimum atomic E-state index is -1.42. The highest BCUT2D eigenvalue weighted by atomic mass is 19.2. The Morgan fingerprint density at radius 2 is 1.94 bits per heavy atom. The van der Waals surface area contributed by atoms with Crippen LogP contribution in [0.5, 0.6) is 0 Å². The maximum Gasteiger partial charge on any atom is 0.194 e. The first-order chi connectivity index (χ1) is 8.63. The lowest BCUT2D eigenvalue weighted by atomic mass is 9.88. The lowest BCUT2D eigenvalue weighted by Gasteiger charge is -2.30. The molecule has 1 fully saturated rings. The van der Waals surface area contributed by atoms with Gasteiger partial charge in [0.2, 0.25) is 0 Å². The normalized spacial score (nSPS) is 21.9. The molecule has 1 aromatic rings. The molecule has 2 atom stereocenters. The van der Waals surface area contributed by atoms with E-state index in [2.05, 4.69) is 5.32 Å². The van der Waals surface area contributed by atoms with E-state index < -0.39 is 17.5 Å². The lowest BCUT2D eigenvalue weighted by molar-refractivity contribution is 0.0401. The van der Waals surface area contributed by atoms with Gasteiger partial charge in [-0.05, 0) is 37.6 Å². The summed E-state index contributed by atoms with van der Waals surface area (Å²) in [5.41, 5.74) is 0.421. The Labute approximate surface area is 104 Å². The first-order valence-electron chi connectivity index (χ1n) is 6.03. The molecule has 1 saturated heterocycles. The molecule has 0 aliphatic carbocycles. The summed E-state index contributed by atoms with van der Waals surface area (Å²) in [7, 11) is 1.72. The zero-order valence-corrected chi connectivity index (χ0v) is 10.2. The number of hydrogen-bond donors (Lipinski definition) is 1. The van der Waals surface area contributed by atoms with Crippen LogP contribution in [0.15, 0.2) is 12.1 Å². The Kier molecular flexibility index (Phi) is 4.24. The summed E-state index contributed by atoms with van der Waals surface area (Å²) in [6.07, 6.45) is 1.85. The molecular formula is C13H16F3NO. The van der Waals surface area contributed by atoms with Crippen molar-refractivity contribution in [1.29, 1.82) is 0 Å². The SMILES string of the molecule is CNC(c1cc(F)c(F)c(F)c1)C1CCCOC1. The molecule has 18 heavy (non-hydrogen) atoms. The average molecular weight is 259 g/mol. The quantitative estimate of drug-likeness (QED) is 0.843. The van der Waals surface area contributed by atoms with Gasteiger partial charge in [0, 0.05) is 18.6 Å². The highest BCUT2D eigenvalue weighted by Crippen LogP contribution is 2.30. The van der Waals surface area contributed by atoms with E-state index in [-0.39, 0.29) is 12.0 Å². The van der Waals surface area contributed by atoms with Gasteiger partial charge in [-0.3, -0.25) is 0 Å². The van der Waals surface area contributed by atoms with Crippen LogP contribution in [0.3, 0.4) is 0 Å². The van der Waals surface area contributed by atoms with Gasteiger partial charge in [-0.2, -0.15) is 0 Å². The molecule has 100 valence electrons. The van der Waals surface area contributed by atoms with E-state index in [9.17, 15) is 13.2 Å². The minimum Gasteiger partial charge on any atom is -0.381 e. The Hall–Kier alpha value is -1.07. The van der Waals surface area contributed by atoms with Gasteiger partial charge in [0.25, 0.3) is 0 Å². The summed E-state index contributed by atoms with van der Waals surface area (Å²) in [6, 6.07) is 1.87. The molecule has 0 spiro atoms. The van der Waals surface area contributed by atoms with Crippen molar-refractivity contribution in [2.45, 2.75) is 18.9 Å². The standard InChI is InChI=1S/C13H16F3NO/c1-17-13(8-3-2-4-18-7-8)9-5-10(14)12(16)11(15)6-9/h5-6,8,13,17H,2-4,7H2,1H3. The lowest BCUT2D eigenvalue weighted by Crippen LogP contribution is -2.31. The molecular weight excluding hydrogens is 243 g/mol. The maximum atomic E-state index is 13.2. The minimum absolute atomic E-state index is 0.146. The third-order valence-electron chi connectivity index (χ3n) is 3.34. The van der Waals surface area contributed by atoms with E-state index in [4.69, 9.17) is 4.74 Å². The largest absolute Gasteiger partial charge is 0.381 e. The van der Waals surface area contributed by atoms with Crippen molar-refractivity contribution < 1.29 is 17.9 Å². The van der Waals surface area contributed by atoms with Crippen LogP contribution in [0.4, 0.5) is 13.2 Å². The molecule has 0 bridgehead atoms. The molecule has 2 rings (SSSR count). The molecule has 0 radical (unpaired) electrons. The second-order valence-electron chi connectivity index (χ2n) is 4.54. The molecule has 1 aliphatic heterocycles. The van der Waals surface area contributed by atoms with E-state index >= 15 is 0 Å². The predicted molar refractivity (Wildman–Crippen MR) is 61.7 cm³/mol. The summed E-state index contributed by atoms with van der Waals surface area (Å²) < 4.78 is 44.8. The topological polar surface area (TPSA) is 21.3 Å². The monoisotopic (exact) mass is 259 g/mol. The summed E-state index contributed by atoms with van der Waals surface area (Å²) in [5.74, 6) is -3.58. The number of nitrogens with one attached hydrogen (secondary N) is 1. The van der Waals surface area contributed by atoms with Crippen LogP contribution in [-0.4, -0.2) is 20.3 Å². The zero-order chi connectivity index (χ0) is 13.1. The predicted octanol–water partition coefficient (Wildman–Crippen LogP) is 2.79. The van der Waals surface area contributed by atoms with E-state index in [0.29, 0.717) is 12.2 Å². The van der Waals surface area contributed by atoms with Gasteiger partial charge in [0.1, 0.15) is 0 Å². The number of hydrogen-bond acceptors (Lipinski definition) is 2. The third-order valence-corrected chi connectivity index (χ3v) is 3.34. The van der Waals surface area contributed by atoms with Crippen molar-refractivity contribution in [2.24, 2.45) is 5.92 Å². The molecule has 0 aromatic heterocycles. The Morgan fingerprint density at radius 3 is 2.44 bits per heavy atom. The van der Waals surface area contributed by atoms with Crippen molar-refractivity contribution >= 4 is 0 Å². The van der Waals surface area contributed by atoms with Crippen molar-refractivity contribution in [3.8, 4) is 0 Å². The summed E-state index contributed by atoms with van der Waals surface area (Å²) >= 11 is 0. The summed E-state index contributed by atoms with van der Waals surface area (Å²) in [4.78, 5) is 0. The van der Waals surface area contributed by atoms with Gasteiger partial charge in [0.15, 0.2) is 17.5 Å². The summed E-state index contributed by atoms with van der Waals surface area (Å²) in [5, 5.41) is 3.03. The highest BCUT2D eigenvalue weighted by molar-refractivity contribution is 5.23. The van der Waals surface area contributed by atoms with Gasteiger partial charge in [0.05, 0.1) is 6.61 Å². The maximum absolute atomic E-state index is 13.2. The van der Waals surface area contributed by atoms with Crippen molar-refractivity contribution in [2.75, 3.05) is 20.3 Å². The fraction of sp³-hybridized carbons (Fsp3) is 0.538. The fourth-order valence-corrected chi connectivity index (χ4v) is 2.46. The Morgan fingerprint density at radius 1 is 1.28 bits per heavy atom. The Balaban J connectivity index is 2.26. The summed E-state index contributed by atoms with van der Waals surface area (Å²) in [6.45, 7) is 1.27. The molecule has 0 amide bonds. The molecule has 1 aliphatic rings. The van der Waals surface area contributed by atoms with E-state index in [1.54, 1.807) is 7.05 Å². The van der Waals surface area contributed by atoms with Crippen LogP contribution >= 0.6 is 0 Å². The van der Waals surface area contributed by atoms with Crippen LogP contribution in [0.2, 0.25) is 0 Å². The van der Waals surface area contributed by atoms with Crippen LogP contribution < -0.4 is 5.32 Å². The van der Waals surface area contributed by atoms with Crippen LogP contribution in [0.1, 0.15) is 24.4 Å². The number of halogens is 3. The Bertz CT molecular complexity index is 396. The van der Waals surface area contributed by atoms with E-state index in [1.807, 2.05) is 0 Å². The second-order valence-corrected chi connectivity index (χ2v) is 4.54. The van der Waals surface area contributed by atoms with E-state index in [0.717, 1.165) is 31.6 Å². The smallest absolute Gasteiger partial charge is 0.194 e. The van der Waals surface area contributed by atoms with Gasteiger partial charge >= 0.3 is 0 Å². The number of ether oxygens (including phenoxy) is 1. The molecule has 1 N–H and O–H groups in total. The first kappa shape index (κ1) is 13.4. The van der Waals surface area contributed by atoms with Crippen LogP contribution in [0, 0.1) is 23.4 Å². The second kappa shape index (κ2) is 5.71. The first-order valence-corrected chi connectivity index (χ1v) is 6.03. The number of benzene rings is 1. The van der Waals surface area contributed by atoms with Gasteiger partial charge in [-0.15, -0.1) is 0 Å². The van der Waals surface area contributed by atoms with Gasteiger partial charge in [-0.1, -0.05) is 0 Å². The molecule has 2 unspecified atom stereocenters. The van der Waals surface area contributed by atoms with Gasteiger partial charge in [-0.25, -0.2) is 13.2 Å². The zero-order valence-electron chi connectivity index (χ0n) is 10.2. The molecule has 2 nitrogen and oxygen atoms in total. The van der Waals surface area contributed by atoms with Crippen LogP contribution in [-0.2, 0) is 4.74 Å². The molecule has 0 saturated carbocycles. The number of rotatable bonds is 3. The van der Waals surface area contributed by atoms with E-state index in [1.165, 1.54) is 0 Å². The fourth-order valence-electron chi connectivity index (χ4n) is 2.46. The molecule has 5 heteroatoms. The molecule has 1 heterocycles. The molecule has 1 aromatic carbocycles. The highest BCUT2D eigenvalue weighted by Gasteiger charge is 2.26. The van der Waals surface area contributed by atoms with Crippen LogP contribution in [0.25, 0.3) is 0 Å². The third kappa shape index (κ3) is 2.67.